The molecule has 0 saturated heterocycles. The molecule has 621 valence electrons. The number of nitrogen functional groups attached to an aromatic ring is 3. The molecule has 3 heterocycles. The number of nitro groups is 3. The van der Waals surface area contributed by atoms with E-state index in [1.807, 2.05) is 79.3 Å². The molecule has 10 aromatic carbocycles. The van der Waals surface area contributed by atoms with Crippen LogP contribution in [0.5, 0.6) is 17.2 Å². The summed E-state index contributed by atoms with van der Waals surface area (Å²) in [7, 11) is 13.1. The van der Waals surface area contributed by atoms with Crippen LogP contribution in [0.4, 0.5) is 56.9 Å². The zero-order chi connectivity index (χ0) is 85.2. The molecule has 13 N–H and O–H groups in total. The van der Waals surface area contributed by atoms with Crippen LogP contribution in [0.2, 0.25) is 5.02 Å². The molecule has 3 aromatic heterocycles. The minimum atomic E-state index is -4.67. The fraction of sp³-hybridized carbons (Fsp3) is 0.118. The summed E-state index contributed by atoms with van der Waals surface area (Å²) in [6, 6.07) is 49.0. The van der Waals surface area contributed by atoms with E-state index < -0.39 is 56.0 Å². The molecule has 0 aliphatic carbocycles. The second kappa shape index (κ2) is 47.2. The molecule has 13 aromatic rings. The number of phenolic OH excluding ortho intramolecular Hbond substituents is 1. The molecule has 0 saturated carbocycles. The number of amides is 2. The smallest absolute Gasteiger partial charge is 0 e. The number of hydrogen-bond donors (Lipinski definition) is 10. The zero-order valence-electron chi connectivity index (χ0n) is 60.7. The average Bonchev–Trinajstić information content (AvgIpc) is 0.770. The van der Waals surface area contributed by atoms with E-state index in [4.69, 9.17) is 97.5 Å². The van der Waals surface area contributed by atoms with Crippen molar-refractivity contribution < 1.29 is 102 Å². The largest absolute Gasteiger partial charge is 0 e. The van der Waals surface area contributed by atoms with Gasteiger partial charge in [0.1, 0.15) is 56.3 Å². The van der Waals surface area contributed by atoms with Gasteiger partial charge in [0.2, 0.25) is 28.1 Å². The Hall–Kier alpha value is -11.9. The van der Waals surface area contributed by atoms with Gasteiger partial charge in [0, 0.05) is 166 Å². The first-order valence-corrected chi connectivity index (χ1v) is 43.0. The zero-order valence-corrected chi connectivity index (χ0v) is 69.7. The van der Waals surface area contributed by atoms with E-state index in [1.54, 1.807) is 78.9 Å². The van der Waals surface area contributed by atoms with Gasteiger partial charge in [-0.25, -0.2) is 9.59 Å². The second-order valence-corrected chi connectivity index (χ2v) is 28.7. The number of carbonyl (C=O) groups is 4. The topological polar surface area (TPSA) is 541 Å². The number of phenols is 1. The summed E-state index contributed by atoms with van der Waals surface area (Å²) in [4.78, 5) is 116. The molecule has 3 radical (unpaired) electrons. The molecule has 2 amide bonds. The predicted molar refractivity (Wildman–Crippen MR) is 462 cm³/mol. The van der Waals surface area contributed by atoms with Gasteiger partial charge in [0.25, 0.3) is 17.1 Å². The van der Waals surface area contributed by atoms with Crippen molar-refractivity contribution in [2.45, 2.75) is 28.7 Å². The standard InChI is InChI=1S/C17H18N2O2.C15H12N2O6.C13H8N2O4.C13H10N2O2.C8H9NO2.C7H4ClNO4.CH3I.2CH4.2ClH.Cu.H2O4S.Sn/c1-18(2)11-5-7-13-15(9-11)21-16-10-12(19(3)4)6-8-14(16)17(13)20;1-9(18)16-10-3-2-4-12(7-10)23-14-8-11(17(21)22)5-6-13(14)15(19)20;14-7-1-3-9-11(5-7)19-12-6-8(15(17)18)2-4-10(12)13(9)16;14-7-1-3-9-11(5-7)17-12-6-8(15)2-4-10(12)13(9)16;1-6(10)9-7-3-2-4-8(11)5-7;8-6-3-4(9(12)13)1-2-5(6)7(10)11;1-2;;;;;;1-5(2,3)4;/h5-10H,1-4H3;2-8H,1H3,(H,16,18)(H,19,20);1-6H,14H2;1-6H,14-15H2;2-5,11H,1H3,(H,9,10);1-3H,(H,10,11);1H3;2*1H4;2*1H;;(H2,1,2,3,4);/q;;;;;;;;;;;;;+2/p-2. The summed E-state index contributed by atoms with van der Waals surface area (Å²) in [6.07, 6.45) is 0. The summed E-state index contributed by atoms with van der Waals surface area (Å²) in [5.74, 6) is -2.67. The number of nitrogens with one attached hydrogen (secondary N) is 2. The third-order valence-corrected chi connectivity index (χ3v) is 14.9. The van der Waals surface area contributed by atoms with Gasteiger partial charge in [-0.05, 0) is 108 Å². The van der Waals surface area contributed by atoms with Crippen molar-refractivity contribution in [2.75, 3.05) is 70.8 Å². The van der Waals surface area contributed by atoms with E-state index >= 15 is 0 Å². The maximum Gasteiger partial charge on any atom is 0 e. The van der Waals surface area contributed by atoms with Gasteiger partial charge < -0.3 is 70.9 Å². The minimum Gasteiger partial charge on any atom is 0 e. The summed E-state index contributed by atoms with van der Waals surface area (Å²) in [5, 5.41) is 66.4. The number of alkyl halides is 1. The quantitative estimate of drug-likeness (QED) is 0.00840. The van der Waals surface area contributed by atoms with Crippen molar-refractivity contribution in [3.05, 3.63) is 271 Å². The Morgan fingerprint density at radius 2 is 0.795 bits per heavy atom. The number of carboxylic acids is 2. The molecule has 41 heteroatoms. The molecule has 34 nitrogen and oxygen atoms in total. The number of nitro benzene ring substituents is 3. The number of nitrogens with zero attached hydrogens (tertiary/aromatic N) is 5. The van der Waals surface area contributed by atoms with Crippen LogP contribution in [-0.2, 0) is 37.1 Å². The molecule has 0 unspecified atom stereocenters. The maximum absolute atomic E-state index is 12.6. The maximum atomic E-state index is 12.6. The Kier molecular flexibility index (Phi) is 40.8. The number of carbonyl (C=O) groups excluding carboxylic acids is 2. The first kappa shape index (κ1) is 101. The predicted octanol–water partition coefficient (Wildman–Crippen LogP) is 16.6. The van der Waals surface area contributed by atoms with E-state index in [9.17, 15) is 63.9 Å². The van der Waals surface area contributed by atoms with E-state index in [2.05, 4.69) is 33.2 Å². The molecule has 0 aliphatic rings. The Morgan fingerprint density at radius 1 is 0.487 bits per heavy atom. The molecule has 0 bridgehead atoms. The summed E-state index contributed by atoms with van der Waals surface area (Å²) < 4.78 is 54.1. The number of fused-ring (bicyclic) bond motifs is 6. The third kappa shape index (κ3) is 30.7. The van der Waals surface area contributed by atoms with Crippen molar-refractivity contribution in [2.24, 2.45) is 0 Å². The van der Waals surface area contributed by atoms with E-state index in [1.165, 1.54) is 56.3 Å². The Bertz CT molecular complexity index is 5950. The molecular formula is C76H74Cl3CuIN10O24SSn. The fourth-order valence-corrected chi connectivity index (χ4v) is 9.93. The second-order valence-electron chi connectivity index (χ2n) is 23.2. The number of halogens is 4. The van der Waals surface area contributed by atoms with Gasteiger partial charge in [-0.2, -0.15) is 8.42 Å². The van der Waals surface area contributed by atoms with Gasteiger partial charge >= 0.3 is 59.1 Å². The number of rotatable bonds is 11. The van der Waals surface area contributed by atoms with E-state index in [0.717, 1.165) is 47.8 Å². The average molecular weight is 1960 g/mol. The number of anilines is 7. The molecular weight excluding hydrogens is 1880 g/mol. The monoisotopic (exact) mass is 1960 g/mol. The van der Waals surface area contributed by atoms with Gasteiger partial charge in [-0.3, -0.25) is 63.4 Å². The third-order valence-electron chi connectivity index (χ3n) is 14.6. The number of aromatic carboxylic acids is 2. The first-order chi connectivity index (χ1) is 53.7. The van der Waals surface area contributed by atoms with Crippen LogP contribution >= 0.6 is 52.0 Å². The SMILES string of the molecule is C.C.CC(=O)Nc1cccc(O)c1.CC(=O)Nc1cccc(Oc2cc([N+](=O)[O-])ccc2C(=O)O)c1.CI.CN(C)c1ccc2c(=O)c3ccc(N(C)C)cc3oc2c1.Nc1ccc2c(=O)c3ccc(N)cc3oc2c1.Nc1ccc2c(=O)c3ccc([N+](=O)[O-])cc3oc2c1.O=C(O)c1ccc([N+](=O)[O-])cc1Cl.O=S(=O)(O)O.[Cl][Sn][Cl].[Cu]. The van der Waals surface area contributed by atoms with Gasteiger partial charge in [0.05, 0.1) is 69.8 Å². The Labute approximate surface area is 711 Å². The van der Waals surface area contributed by atoms with Crippen LogP contribution in [0.25, 0.3) is 65.8 Å². The van der Waals surface area contributed by atoms with Gasteiger partial charge in [-0.15, -0.1) is 0 Å². The summed E-state index contributed by atoms with van der Waals surface area (Å²) in [5.41, 5.74) is 23.0. The van der Waals surface area contributed by atoms with Crippen LogP contribution in [0, 0.1) is 30.3 Å². The van der Waals surface area contributed by atoms with Gasteiger partial charge in [0.15, 0.2) is 0 Å². The first-order valence-electron chi connectivity index (χ1n) is 31.8. The van der Waals surface area contributed by atoms with E-state index in [0.29, 0.717) is 88.7 Å². The number of carboxylic acid groups (broad SMARTS) is 2. The number of benzene rings is 10. The van der Waals surface area contributed by atoms with Crippen LogP contribution in [0.1, 0.15) is 49.4 Å². The normalized spacial score (nSPS) is 9.96. The molecule has 0 spiro atoms. The van der Waals surface area contributed by atoms with Crippen LogP contribution < -0.4 is 58.7 Å². The molecule has 13 rings (SSSR count). The van der Waals surface area contributed by atoms with Crippen molar-refractivity contribution in [1.29, 1.82) is 0 Å². The van der Waals surface area contributed by atoms with Crippen molar-refractivity contribution in [3.8, 4) is 17.2 Å². The number of hydrogen-bond acceptors (Lipinski definition) is 25. The van der Waals surface area contributed by atoms with E-state index in [-0.39, 0.29) is 116 Å². The summed E-state index contributed by atoms with van der Waals surface area (Å²) >= 11 is 6.81. The van der Waals surface area contributed by atoms with Gasteiger partial charge in [-0.1, -0.05) is 61.2 Å². The molecule has 0 fully saturated rings. The van der Waals surface area contributed by atoms with Crippen LogP contribution in [-0.4, -0.2) is 123 Å². The number of non-ortho nitro benzene ring substituents is 3. The van der Waals surface area contributed by atoms with Crippen LogP contribution in [0.3, 0.4) is 0 Å². The number of ether oxygens (including phenoxy) is 1. The van der Waals surface area contributed by atoms with Crippen molar-refractivity contribution in [3.63, 3.8) is 0 Å². The molecule has 0 aliphatic heterocycles. The van der Waals surface area contributed by atoms with Crippen LogP contribution in [0.15, 0.2) is 222 Å². The molecule has 0 atom stereocenters. The van der Waals surface area contributed by atoms with Crippen molar-refractivity contribution >= 4 is 228 Å². The Balaban J connectivity index is 0.000000468. The number of aromatic hydroxyl groups is 1. The molecule has 117 heavy (non-hydrogen) atoms. The summed E-state index contributed by atoms with van der Waals surface area (Å²) in [6.45, 7) is 2.76. The minimum absolute atomic E-state index is 0. The Morgan fingerprint density at radius 3 is 1.14 bits per heavy atom. The number of nitrogens with two attached hydrogens (primary N) is 3. The van der Waals surface area contributed by atoms with Crippen molar-refractivity contribution in [1.82, 2.24) is 0 Å². The fourth-order valence-electron chi connectivity index (χ4n) is 9.67.